The lowest BCUT2D eigenvalue weighted by Gasteiger charge is -2.00. The van der Waals surface area contributed by atoms with Gasteiger partial charge in [-0.25, -0.2) is 4.79 Å². The zero-order valence-electron chi connectivity index (χ0n) is 11.9. The highest BCUT2D eigenvalue weighted by atomic mass is 16.5. The van der Waals surface area contributed by atoms with Gasteiger partial charge in [-0.15, -0.1) is 0 Å². The fraction of sp³-hybridized carbons (Fsp3) is 0.438. The van der Waals surface area contributed by atoms with Crippen molar-refractivity contribution in [1.29, 1.82) is 0 Å². The van der Waals surface area contributed by atoms with Crippen LogP contribution in [0.25, 0.3) is 0 Å². The first kappa shape index (κ1) is 16.4. The van der Waals surface area contributed by atoms with E-state index in [0.717, 1.165) is 12.8 Å². The molecular weight excluding hydrogens is 224 g/mol. The Morgan fingerprint density at radius 2 is 1.83 bits per heavy atom. The van der Waals surface area contributed by atoms with Gasteiger partial charge in [0.15, 0.2) is 0 Å². The second kappa shape index (κ2) is 10.6. The van der Waals surface area contributed by atoms with Crippen LogP contribution >= 0.6 is 0 Å². The van der Waals surface area contributed by atoms with E-state index in [2.05, 4.69) is 26.8 Å². The number of carbonyl (C=O) groups is 1. The summed E-state index contributed by atoms with van der Waals surface area (Å²) in [5.74, 6) is -0.304. The Morgan fingerprint density at radius 1 is 1.11 bits per heavy atom. The summed E-state index contributed by atoms with van der Waals surface area (Å²) in [4.78, 5) is 11.2. The van der Waals surface area contributed by atoms with Gasteiger partial charge in [0.2, 0.25) is 0 Å². The van der Waals surface area contributed by atoms with E-state index in [-0.39, 0.29) is 5.97 Å². The molecule has 0 saturated heterocycles. The zero-order valence-corrected chi connectivity index (χ0v) is 11.9. The normalized spacial score (nSPS) is 12.1. The van der Waals surface area contributed by atoms with Crippen molar-refractivity contribution in [3.8, 4) is 0 Å². The van der Waals surface area contributed by atoms with E-state index in [1.165, 1.54) is 17.2 Å². The first-order valence-electron chi connectivity index (χ1n) is 6.31. The maximum Gasteiger partial charge on any atom is 0.331 e. The van der Waals surface area contributed by atoms with Crippen LogP contribution in [-0.4, -0.2) is 12.6 Å². The fourth-order valence-electron chi connectivity index (χ4n) is 1.25. The molecule has 0 amide bonds. The molecule has 0 unspecified atom stereocenters. The summed E-state index contributed by atoms with van der Waals surface area (Å²) in [5, 5.41) is 0. The molecule has 2 nitrogen and oxygen atoms in total. The summed E-state index contributed by atoms with van der Waals surface area (Å²) in [7, 11) is 0. The largest absolute Gasteiger partial charge is 0.458 e. The Hall–Kier alpha value is -1.57. The Balaban J connectivity index is 3.86. The predicted octanol–water partition coefficient (Wildman–Crippen LogP) is 4.35. The molecule has 0 heterocycles. The maximum atomic E-state index is 11.2. The molecule has 0 rings (SSSR count). The van der Waals surface area contributed by atoms with Gasteiger partial charge in [0.25, 0.3) is 0 Å². The average Bonchev–Trinajstić information content (AvgIpc) is 2.29. The minimum atomic E-state index is -0.304. The highest BCUT2D eigenvalue weighted by Gasteiger charge is 1.94. The van der Waals surface area contributed by atoms with E-state index in [9.17, 15) is 4.79 Å². The third-order valence-electron chi connectivity index (χ3n) is 2.28. The summed E-state index contributed by atoms with van der Waals surface area (Å²) in [6, 6.07) is 0. The van der Waals surface area contributed by atoms with Crippen LogP contribution in [0.4, 0.5) is 0 Å². The van der Waals surface area contributed by atoms with Crippen molar-refractivity contribution in [3.63, 3.8) is 0 Å². The number of carbonyl (C=O) groups excluding carboxylic acids is 1. The lowest BCUT2D eigenvalue weighted by Crippen LogP contribution is -2.00. The van der Waals surface area contributed by atoms with Gasteiger partial charge in [-0.1, -0.05) is 35.5 Å². The minimum Gasteiger partial charge on any atom is -0.458 e. The molecular formula is C16H24O2. The van der Waals surface area contributed by atoms with Gasteiger partial charge in [0.1, 0.15) is 6.61 Å². The van der Waals surface area contributed by atoms with Crippen molar-refractivity contribution in [2.75, 3.05) is 6.61 Å². The van der Waals surface area contributed by atoms with E-state index in [1.807, 2.05) is 19.1 Å². The number of allylic oxidation sites excluding steroid dienone is 6. The molecule has 0 saturated carbocycles. The highest BCUT2D eigenvalue weighted by Crippen LogP contribution is 2.06. The maximum absolute atomic E-state index is 11.2. The molecule has 0 spiro atoms. The summed E-state index contributed by atoms with van der Waals surface area (Å²) < 4.78 is 5.04. The van der Waals surface area contributed by atoms with Crippen LogP contribution in [0, 0.1) is 0 Å². The molecule has 0 aliphatic rings. The molecule has 0 aromatic carbocycles. The number of ether oxygens (including phenoxy) is 1. The van der Waals surface area contributed by atoms with Gasteiger partial charge in [-0.05, 0) is 46.6 Å². The zero-order chi connectivity index (χ0) is 13.8. The molecule has 0 aliphatic carbocycles. The van der Waals surface area contributed by atoms with Crippen LogP contribution in [0.15, 0.2) is 47.6 Å². The quantitative estimate of drug-likeness (QED) is 0.290. The monoisotopic (exact) mass is 248 g/mol. The Bertz CT molecular complexity index is 353. The lowest BCUT2D eigenvalue weighted by molar-refractivity contribution is -0.136. The Morgan fingerprint density at radius 3 is 2.44 bits per heavy atom. The van der Waals surface area contributed by atoms with Crippen molar-refractivity contribution < 1.29 is 9.53 Å². The summed E-state index contributed by atoms with van der Waals surface area (Å²) in [5.41, 5.74) is 2.58. The molecule has 2 heteroatoms. The number of hydrogen-bond donors (Lipinski definition) is 0. The van der Waals surface area contributed by atoms with Crippen molar-refractivity contribution in [1.82, 2.24) is 0 Å². The molecule has 0 aliphatic heterocycles. The van der Waals surface area contributed by atoms with Crippen LogP contribution in [-0.2, 0) is 9.53 Å². The fourth-order valence-corrected chi connectivity index (χ4v) is 1.25. The van der Waals surface area contributed by atoms with Crippen LogP contribution in [0.5, 0.6) is 0 Å². The predicted molar refractivity (Wildman–Crippen MR) is 77.3 cm³/mol. The topological polar surface area (TPSA) is 26.3 Å². The second-order valence-electron chi connectivity index (χ2n) is 4.39. The first-order valence-corrected chi connectivity index (χ1v) is 6.31. The van der Waals surface area contributed by atoms with Crippen molar-refractivity contribution in [2.24, 2.45) is 0 Å². The number of rotatable bonds is 7. The Kier molecular flexibility index (Phi) is 9.65. The van der Waals surface area contributed by atoms with Gasteiger partial charge >= 0.3 is 5.97 Å². The Labute approximate surface area is 111 Å². The van der Waals surface area contributed by atoms with Crippen LogP contribution in [0.2, 0.25) is 0 Å². The third-order valence-corrected chi connectivity index (χ3v) is 2.28. The van der Waals surface area contributed by atoms with E-state index in [4.69, 9.17) is 4.74 Å². The summed E-state index contributed by atoms with van der Waals surface area (Å²) in [6.07, 6.45) is 13.0. The van der Waals surface area contributed by atoms with Crippen LogP contribution in [0.1, 0.15) is 40.5 Å². The molecule has 0 N–H and O–H groups in total. The molecule has 0 fully saturated rings. The molecule has 0 radical (unpaired) electrons. The minimum absolute atomic E-state index is 0.304. The van der Waals surface area contributed by atoms with Gasteiger partial charge < -0.3 is 4.74 Å². The molecule has 0 aromatic rings. The molecule has 18 heavy (non-hydrogen) atoms. The van der Waals surface area contributed by atoms with E-state index >= 15 is 0 Å². The van der Waals surface area contributed by atoms with E-state index in [1.54, 1.807) is 12.2 Å². The smallest absolute Gasteiger partial charge is 0.331 e. The van der Waals surface area contributed by atoms with Crippen molar-refractivity contribution >= 4 is 5.97 Å². The molecule has 0 aromatic heterocycles. The SMILES string of the molecule is C/C=C/C=C/C(=O)OC/C=C(/C)CCC=C(C)C. The van der Waals surface area contributed by atoms with E-state index < -0.39 is 0 Å². The second-order valence-corrected chi connectivity index (χ2v) is 4.39. The third kappa shape index (κ3) is 10.9. The number of hydrogen-bond acceptors (Lipinski definition) is 2. The van der Waals surface area contributed by atoms with E-state index in [0.29, 0.717) is 6.61 Å². The standard InChI is InChI=1S/C16H24O2/c1-5-6-7-11-16(17)18-13-12-15(4)10-8-9-14(2)3/h5-7,9,11-12H,8,10,13H2,1-4H3/b6-5+,11-7+,15-12-. The molecule has 0 bridgehead atoms. The average molecular weight is 248 g/mol. The number of esters is 1. The van der Waals surface area contributed by atoms with Crippen LogP contribution < -0.4 is 0 Å². The molecule has 100 valence electrons. The van der Waals surface area contributed by atoms with Crippen LogP contribution in [0.3, 0.4) is 0 Å². The first-order chi connectivity index (χ1) is 8.56. The van der Waals surface area contributed by atoms with Crippen molar-refractivity contribution in [2.45, 2.75) is 40.5 Å². The summed E-state index contributed by atoms with van der Waals surface area (Å²) >= 11 is 0. The van der Waals surface area contributed by atoms with Gasteiger partial charge in [0, 0.05) is 6.08 Å². The van der Waals surface area contributed by atoms with Crippen molar-refractivity contribution in [3.05, 3.63) is 47.6 Å². The highest BCUT2D eigenvalue weighted by molar-refractivity contribution is 5.82. The lowest BCUT2D eigenvalue weighted by atomic mass is 10.1. The van der Waals surface area contributed by atoms with Gasteiger partial charge in [0.05, 0.1) is 0 Å². The summed E-state index contributed by atoms with van der Waals surface area (Å²) in [6.45, 7) is 8.49. The molecule has 0 atom stereocenters. The van der Waals surface area contributed by atoms with Gasteiger partial charge in [-0.3, -0.25) is 0 Å². The van der Waals surface area contributed by atoms with Gasteiger partial charge in [-0.2, -0.15) is 0 Å².